The van der Waals surface area contributed by atoms with Gasteiger partial charge in [0.25, 0.3) is 5.91 Å². The predicted octanol–water partition coefficient (Wildman–Crippen LogP) is 7.27. The molecule has 4 aromatic rings. The summed E-state index contributed by atoms with van der Waals surface area (Å²) in [7, 11) is 0. The molecular formula is C26H19Cl2N3O3S. The van der Waals surface area contributed by atoms with E-state index in [1.54, 1.807) is 57.2 Å². The SMILES string of the molecule is Cc1c(C(=O)OC(C)C)sc(NC(=O)c2cc(-c3ccc(Cl)cc3Cl)nc3ccccc23)c1C#N. The van der Waals surface area contributed by atoms with Crippen molar-refractivity contribution in [3.8, 4) is 17.3 Å². The minimum absolute atomic E-state index is 0.221. The Balaban J connectivity index is 1.78. The summed E-state index contributed by atoms with van der Waals surface area (Å²) < 4.78 is 5.28. The lowest BCUT2D eigenvalue weighted by molar-refractivity contribution is 0.0383. The molecular weight excluding hydrogens is 505 g/mol. The lowest BCUT2D eigenvalue weighted by Gasteiger charge is -2.11. The van der Waals surface area contributed by atoms with Gasteiger partial charge in [0.2, 0.25) is 0 Å². The van der Waals surface area contributed by atoms with Crippen molar-refractivity contribution in [1.29, 1.82) is 5.26 Å². The average molecular weight is 524 g/mol. The molecule has 4 rings (SSSR count). The van der Waals surface area contributed by atoms with Gasteiger partial charge >= 0.3 is 5.97 Å². The second-order valence-corrected chi connectivity index (χ2v) is 9.84. The topological polar surface area (TPSA) is 92.1 Å². The third-order valence-electron chi connectivity index (χ3n) is 5.18. The molecule has 1 N–H and O–H groups in total. The normalized spacial score (nSPS) is 10.9. The number of hydrogen-bond donors (Lipinski definition) is 1. The van der Waals surface area contributed by atoms with Gasteiger partial charge in [-0.2, -0.15) is 5.26 Å². The standard InChI is InChI=1S/C26H19Cl2N3O3S/c1-13(2)34-26(33)23-14(3)19(12-29)25(35-23)31-24(32)18-11-22(17-9-8-15(27)10-20(17)28)30-21-7-5-4-6-16(18)21/h4-11,13H,1-3H3,(H,31,32). The zero-order valence-corrected chi connectivity index (χ0v) is 21.3. The average Bonchev–Trinajstić information content (AvgIpc) is 3.12. The lowest BCUT2D eigenvalue weighted by atomic mass is 10.0. The summed E-state index contributed by atoms with van der Waals surface area (Å²) in [6.45, 7) is 5.14. The molecule has 2 aromatic carbocycles. The maximum absolute atomic E-state index is 13.5. The Kier molecular flexibility index (Phi) is 7.08. The van der Waals surface area contributed by atoms with Gasteiger partial charge in [-0.15, -0.1) is 11.3 Å². The van der Waals surface area contributed by atoms with Crippen LogP contribution in [0, 0.1) is 18.3 Å². The molecule has 0 saturated carbocycles. The molecule has 0 fully saturated rings. The number of aromatic nitrogens is 1. The van der Waals surface area contributed by atoms with Crippen molar-refractivity contribution in [2.24, 2.45) is 0 Å². The molecule has 9 heteroatoms. The van der Waals surface area contributed by atoms with Crippen molar-refractivity contribution in [2.75, 3.05) is 5.32 Å². The first-order valence-corrected chi connectivity index (χ1v) is 12.2. The van der Waals surface area contributed by atoms with E-state index in [2.05, 4.69) is 16.4 Å². The fourth-order valence-corrected chi connectivity index (χ4v) is 5.11. The number of thiophene rings is 1. The van der Waals surface area contributed by atoms with E-state index >= 15 is 0 Å². The fourth-order valence-electron chi connectivity index (χ4n) is 3.57. The van der Waals surface area contributed by atoms with Crippen molar-refractivity contribution in [2.45, 2.75) is 26.9 Å². The molecule has 0 aliphatic rings. The van der Waals surface area contributed by atoms with Gasteiger partial charge in [0.05, 0.1) is 33.5 Å². The summed E-state index contributed by atoms with van der Waals surface area (Å²) in [6, 6.07) is 16.0. The molecule has 0 bridgehead atoms. The van der Waals surface area contributed by atoms with Gasteiger partial charge in [0.15, 0.2) is 0 Å². The van der Waals surface area contributed by atoms with Crippen LogP contribution in [0.1, 0.15) is 45.0 Å². The molecule has 0 atom stereocenters. The van der Waals surface area contributed by atoms with Crippen LogP contribution in [0.4, 0.5) is 5.00 Å². The summed E-state index contributed by atoms with van der Waals surface area (Å²) in [6.07, 6.45) is -0.311. The number of nitriles is 1. The maximum atomic E-state index is 13.5. The van der Waals surface area contributed by atoms with Gasteiger partial charge in [-0.3, -0.25) is 4.79 Å². The molecule has 2 heterocycles. The van der Waals surface area contributed by atoms with Gasteiger partial charge in [-0.1, -0.05) is 41.4 Å². The minimum Gasteiger partial charge on any atom is -0.459 e. The van der Waals surface area contributed by atoms with E-state index in [9.17, 15) is 14.9 Å². The van der Waals surface area contributed by atoms with Crippen molar-refractivity contribution < 1.29 is 14.3 Å². The highest BCUT2D eigenvalue weighted by Crippen LogP contribution is 2.35. The quantitative estimate of drug-likeness (QED) is 0.277. The van der Waals surface area contributed by atoms with Crippen molar-refractivity contribution in [1.82, 2.24) is 4.98 Å². The third kappa shape index (κ3) is 5.01. The molecule has 0 radical (unpaired) electrons. The lowest BCUT2D eigenvalue weighted by Crippen LogP contribution is -2.13. The van der Waals surface area contributed by atoms with E-state index in [0.29, 0.717) is 43.3 Å². The monoisotopic (exact) mass is 523 g/mol. The molecule has 0 saturated heterocycles. The second-order valence-electron chi connectivity index (χ2n) is 7.98. The zero-order valence-electron chi connectivity index (χ0n) is 19.0. The highest BCUT2D eigenvalue weighted by molar-refractivity contribution is 7.18. The van der Waals surface area contributed by atoms with Crippen LogP contribution in [0.15, 0.2) is 48.5 Å². The molecule has 35 heavy (non-hydrogen) atoms. The number of halogens is 2. The van der Waals surface area contributed by atoms with E-state index in [1.165, 1.54) is 0 Å². The number of esters is 1. The second kappa shape index (κ2) is 10.0. The number of ether oxygens (including phenoxy) is 1. The Bertz CT molecular complexity index is 1520. The number of nitrogens with zero attached hydrogens (tertiary/aromatic N) is 2. The van der Waals surface area contributed by atoms with E-state index < -0.39 is 11.9 Å². The summed E-state index contributed by atoms with van der Waals surface area (Å²) >= 11 is 13.5. The van der Waals surface area contributed by atoms with Crippen LogP contribution in [0.5, 0.6) is 0 Å². The van der Waals surface area contributed by atoms with Gasteiger partial charge < -0.3 is 10.1 Å². The van der Waals surface area contributed by atoms with E-state index in [4.69, 9.17) is 27.9 Å². The number of hydrogen-bond acceptors (Lipinski definition) is 6. The molecule has 176 valence electrons. The van der Waals surface area contributed by atoms with Crippen molar-refractivity contribution >= 4 is 62.3 Å². The summed E-state index contributed by atoms with van der Waals surface area (Å²) in [4.78, 5) is 30.9. The smallest absolute Gasteiger partial charge is 0.348 e. The number of fused-ring (bicyclic) bond motifs is 1. The van der Waals surface area contributed by atoms with Gasteiger partial charge in [-0.25, -0.2) is 9.78 Å². The van der Waals surface area contributed by atoms with Crippen molar-refractivity contribution in [3.05, 3.63) is 80.1 Å². The van der Waals surface area contributed by atoms with E-state index in [-0.39, 0.29) is 21.5 Å². The predicted molar refractivity (Wildman–Crippen MR) is 139 cm³/mol. The number of nitrogens with one attached hydrogen (secondary N) is 1. The largest absolute Gasteiger partial charge is 0.459 e. The number of amides is 1. The summed E-state index contributed by atoms with van der Waals surface area (Å²) in [5.41, 5.74) is 2.76. The number of anilines is 1. The highest BCUT2D eigenvalue weighted by atomic mass is 35.5. The van der Waals surface area contributed by atoms with Crippen LogP contribution in [-0.2, 0) is 4.74 Å². The Labute approximate surface area is 216 Å². The van der Waals surface area contributed by atoms with Crippen LogP contribution in [-0.4, -0.2) is 23.0 Å². The highest BCUT2D eigenvalue weighted by Gasteiger charge is 2.24. The summed E-state index contributed by atoms with van der Waals surface area (Å²) in [5, 5.41) is 14.3. The molecule has 0 aliphatic carbocycles. The van der Waals surface area contributed by atoms with Gasteiger partial charge in [0, 0.05) is 16.0 Å². The van der Waals surface area contributed by atoms with Gasteiger partial charge in [0.1, 0.15) is 15.9 Å². The molecule has 2 aromatic heterocycles. The molecule has 0 aliphatic heterocycles. The van der Waals surface area contributed by atoms with E-state index in [0.717, 1.165) is 11.3 Å². The van der Waals surface area contributed by atoms with Crippen LogP contribution >= 0.6 is 34.5 Å². The molecule has 0 unspecified atom stereocenters. The number of carbonyl (C=O) groups is 2. The van der Waals surface area contributed by atoms with Crippen LogP contribution in [0.3, 0.4) is 0 Å². The Morgan fingerprint density at radius 1 is 1.14 bits per heavy atom. The number of pyridine rings is 1. The van der Waals surface area contributed by atoms with Crippen LogP contribution in [0.25, 0.3) is 22.2 Å². The Hall–Kier alpha value is -3.44. The molecule has 0 spiro atoms. The van der Waals surface area contributed by atoms with Gasteiger partial charge in [-0.05, 0) is 56.7 Å². The van der Waals surface area contributed by atoms with Crippen LogP contribution in [0.2, 0.25) is 10.0 Å². The number of rotatable bonds is 5. The molecule has 1 amide bonds. The Morgan fingerprint density at radius 3 is 2.57 bits per heavy atom. The number of carbonyl (C=O) groups excluding carboxylic acids is 2. The number of benzene rings is 2. The zero-order chi connectivity index (χ0) is 25.3. The first-order valence-electron chi connectivity index (χ1n) is 10.6. The number of para-hydroxylation sites is 1. The fraction of sp³-hybridized carbons (Fsp3) is 0.154. The Morgan fingerprint density at radius 2 is 1.89 bits per heavy atom. The summed E-state index contributed by atoms with van der Waals surface area (Å²) in [5.74, 6) is -0.981. The maximum Gasteiger partial charge on any atom is 0.348 e. The first kappa shape index (κ1) is 24.7. The molecule has 6 nitrogen and oxygen atoms in total. The van der Waals surface area contributed by atoms with Crippen molar-refractivity contribution in [3.63, 3.8) is 0 Å². The minimum atomic E-state index is -0.534. The van der Waals surface area contributed by atoms with E-state index in [1.807, 2.05) is 12.1 Å². The third-order valence-corrected chi connectivity index (χ3v) is 6.92. The first-order chi connectivity index (χ1) is 16.7. The van der Waals surface area contributed by atoms with Crippen LogP contribution < -0.4 is 5.32 Å².